The Labute approximate surface area is 114 Å². The molecule has 1 unspecified atom stereocenters. The van der Waals surface area contributed by atoms with Gasteiger partial charge in [0.1, 0.15) is 5.75 Å². The molecule has 106 valence electrons. The molecule has 1 heterocycles. The van der Waals surface area contributed by atoms with Gasteiger partial charge < -0.3 is 19.9 Å². The van der Waals surface area contributed by atoms with Crippen molar-refractivity contribution in [2.24, 2.45) is 11.7 Å². The molecule has 1 fully saturated rings. The Morgan fingerprint density at radius 3 is 2.53 bits per heavy atom. The van der Waals surface area contributed by atoms with Crippen molar-refractivity contribution in [1.82, 2.24) is 0 Å². The van der Waals surface area contributed by atoms with Crippen molar-refractivity contribution < 1.29 is 14.2 Å². The standard InChI is InChI=1S/C15H23NO3/c1-17-14-4-2-13(3-5-14)15(10-16)19-11-12-6-8-18-9-7-12/h2-5,12,15H,6-11,16H2,1H3. The molecule has 1 atom stereocenters. The van der Waals surface area contributed by atoms with Crippen molar-refractivity contribution in [2.45, 2.75) is 18.9 Å². The maximum absolute atomic E-state index is 5.97. The van der Waals surface area contributed by atoms with Crippen molar-refractivity contribution in [2.75, 3.05) is 33.5 Å². The summed E-state index contributed by atoms with van der Waals surface area (Å²) in [5.41, 5.74) is 6.92. The first kappa shape index (κ1) is 14.3. The van der Waals surface area contributed by atoms with Crippen LogP contribution in [0.3, 0.4) is 0 Å². The minimum absolute atomic E-state index is 0.0336. The van der Waals surface area contributed by atoms with Crippen LogP contribution in [0.2, 0.25) is 0 Å². The van der Waals surface area contributed by atoms with Crippen LogP contribution in [-0.2, 0) is 9.47 Å². The third-order valence-corrected chi connectivity index (χ3v) is 3.58. The van der Waals surface area contributed by atoms with E-state index < -0.39 is 0 Å². The average molecular weight is 265 g/mol. The predicted molar refractivity (Wildman–Crippen MR) is 74.3 cm³/mol. The van der Waals surface area contributed by atoms with Crippen LogP contribution in [0.15, 0.2) is 24.3 Å². The Bertz CT molecular complexity index is 360. The number of hydrogen-bond acceptors (Lipinski definition) is 4. The van der Waals surface area contributed by atoms with E-state index in [1.165, 1.54) is 0 Å². The van der Waals surface area contributed by atoms with E-state index in [0.29, 0.717) is 12.5 Å². The smallest absolute Gasteiger partial charge is 0.118 e. The lowest BCUT2D eigenvalue weighted by atomic mass is 10.0. The van der Waals surface area contributed by atoms with E-state index in [-0.39, 0.29) is 6.10 Å². The summed E-state index contributed by atoms with van der Waals surface area (Å²) in [4.78, 5) is 0. The topological polar surface area (TPSA) is 53.7 Å². The Hall–Kier alpha value is -1.10. The summed E-state index contributed by atoms with van der Waals surface area (Å²) in [6.07, 6.45) is 2.13. The summed E-state index contributed by atoms with van der Waals surface area (Å²) < 4.78 is 16.5. The molecule has 2 rings (SSSR count). The van der Waals surface area contributed by atoms with Gasteiger partial charge in [-0.3, -0.25) is 0 Å². The molecule has 4 heteroatoms. The highest BCUT2D eigenvalue weighted by molar-refractivity contribution is 5.28. The van der Waals surface area contributed by atoms with Gasteiger partial charge in [-0.05, 0) is 36.5 Å². The second-order valence-electron chi connectivity index (χ2n) is 4.89. The van der Waals surface area contributed by atoms with Crippen LogP contribution in [0.1, 0.15) is 24.5 Å². The van der Waals surface area contributed by atoms with Gasteiger partial charge in [0.2, 0.25) is 0 Å². The number of hydrogen-bond donors (Lipinski definition) is 1. The molecule has 0 aliphatic carbocycles. The predicted octanol–water partition coefficient (Wildman–Crippen LogP) is 2.14. The highest BCUT2D eigenvalue weighted by Crippen LogP contribution is 2.22. The number of ether oxygens (including phenoxy) is 3. The minimum atomic E-state index is -0.0336. The van der Waals surface area contributed by atoms with Crippen LogP contribution in [0, 0.1) is 5.92 Å². The van der Waals surface area contributed by atoms with Crippen LogP contribution in [-0.4, -0.2) is 33.5 Å². The number of rotatable bonds is 6. The van der Waals surface area contributed by atoms with E-state index >= 15 is 0 Å². The SMILES string of the molecule is COc1ccc(C(CN)OCC2CCOCC2)cc1. The van der Waals surface area contributed by atoms with Crippen molar-refractivity contribution in [3.05, 3.63) is 29.8 Å². The summed E-state index contributed by atoms with van der Waals surface area (Å²) in [7, 11) is 1.66. The maximum atomic E-state index is 5.97. The van der Waals surface area contributed by atoms with Gasteiger partial charge in [0.15, 0.2) is 0 Å². The first-order chi connectivity index (χ1) is 9.33. The fourth-order valence-corrected chi connectivity index (χ4v) is 2.28. The molecule has 1 aliphatic heterocycles. The Morgan fingerprint density at radius 2 is 1.95 bits per heavy atom. The van der Waals surface area contributed by atoms with Crippen LogP contribution in [0.5, 0.6) is 5.75 Å². The maximum Gasteiger partial charge on any atom is 0.118 e. The fourth-order valence-electron chi connectivity index (χ4n) is 2.28. The van der Waals surface area contributed by atoms with Gasteiger partial charge in [-0.15, -0.1) is 0 Å². The van der Waals surface area contributed by atoms with Crippen LogP contribution >= 0.6 is 0 Å². The van der Waals surface area contributed by atoms with Crippen molar-refractivity contribution in [1.29, 1.82) is 0 Å². The molecular weight excluding hydrogens is 242 g/mol. The first-order valence-corrected chi connectivity index (χ1v) is 6.87. The van der Waals surface area contributed by atoms with E-state index in [0.717, 1.165) is 44.0 Å². The fraction of sp³-hybridized carbons (Fsp3) is 0.600. The van der Waals surface area contributed by atoms with E-state index in [4.69, 9.17) is 19.9 Å². The molecule has 1 aromatic carbocycles. The van der Waals surface area contributed by atoms with E-state index in [1.807, 2.05) is 24.3 Å². The third kappa shape index (κ3) is 4.20. The molecule has 0 bridgehead atoms. The summed E-state index contributed by atoms with van der Waals surface area (Å²) in [5.74, 6) is 1.45. The zero-order valence-corrected chi connectivity index (χ0v) is 11.5. The zero-order chi connectivity index (χ0) is 13.5. The van der Waals surface area contributed by atoms with Crippen molar-refractivity contribution in [3.8, 4) is 5.75 Å². The quantitative estimate of drug-likeness (QED) is 0.856. The summed E-state index contributed by atoms with van der Waals surface area (Å²) in [6, 6.07) is 7.91. The number of methoxy groups -OCH3 is 1. The summed E-state index contributed by atoms with van der Waals surface area (Å²) >= 11 is 0. The third-order valence-electron chi connectivity index (χ3n) is 3.58. The second-order valence-corrected chi connectivity index (χ2v) is 4.89. The Balaban J connectivity index is 1.87. The van der Waals surface area contributed by atoms with Gasteiger partial charge in [-0.1, -0.05) is 12.1 Å². The van der Waals surface area contributed by atoms with Crippen molar-refractivity contribution >= 4 is 0 Å². The zero-order valence-electron chi connectivity index (χ0n) is 11.5. The van der Waals surface area contributed by atoms with Gasteiger partial charge >= 0.3 is 0 Å². The molecule has 1 saturated heterocycles. The molecule has 2 N–H and O–H groups in total. The van der Waals surface area contributed by atoms with E-state index in [1.54, 1.807) is 7.11 Å². The molecule has 0 spiro atoms. The first-order valence-electron chi connectivity index (χ1n) is 6.87. The average Bonchev–Trinajstić information content (AvgIpc) is 2.49. The summed E-state index contributed by atoms with van der Waals surface area (Å²) in [6.45, 7) is 2.96. The summed E-state index contributed by atoms with van der Waals surface area (Å²) in [5, 5.41) is 0. The second kappa shape index (κ2) is 7.48. The largest absolute Gasteiger partial charge is 0.497 e. The van der Waals surface area contributed by atoms with Crippen LogP contribution in [0.25, 0.3) is 0 Å². The molecule has 19 heavy (non-hydrogen) atoms. The van der Waals surface area contributed by atoms with E-state index in [9.17, 15) is 0 Å². The highest BCUT2D eigenvalue weighted by atomic mass is 16.5. The molecule has 0 aromatic heterocycles. The minimum Gasteiger partial charge on any atom is -0.497 e. The van der Waals surface area contributed by atoms with Gasteiger partial charge in [0, 0.05) is 19.8 Å². The van der Waals surface area contributed by atoms with Gasteiger partial charge in [0.05, 0.1) is 19.8 Å². The van der Waals surface area contributed by atoms with E-state index in [2.05, 4.69) is 0 Å². The lowest BCUT2D eigenvalue weighted by Crippen LogP contribution is -2.23. The molecule has 0 radical (unpaired) electrons. The Kier molecular flexibility index (Phi) is 5.63. The molecule has 0 amide bonds. The van der Waals surface area contributed by atoms with Gasteiger partial charge in [-0.25, -0.2) is 0 Å². The van der Waals surface area contributed by atoms with Crippen LogP contribution in [0.4, 0.5) is 0 Å². The van der Waals surface area contributed by atoms with Crippen molar-refractivity contribution in [3.63, 3.8) is 0 Å². The normalized spacial score (nSPS) is 18.2. The number of nitrogens with two attached hydrogens (primary N) is 1. The lowest BCUT2D eigenvalue weighted by molar-refractivity contribution is -0.00873. The van der Waals surface area contributed by atoms with Gasteiger partial charge in [0.25, 0.3) is 0 Å². The van der Waals surface area contributed by atoms with Gasteiger partial charge in [-0.2, -0.15) is 0 Å². The monoisotopic (exact) mass is 265 g/mol. The molecule has 0 saturated carbocycles. The Morgan fingerprint density at radius 1 is 1.26 bits per heavy atom. The molecule has 4 nitrogen and oxygen atoms in total. The highest BCUT2D eigenvalue weighted by Gasteiger charge is 2.17. The number of benzene rings is 1. The van der Waals surface area contributed by atoms with Crippen LogP contribution < -0.4 is 10.5 Å². The lowest BCUT2D eigenvalue weighted by Gasteiger charge is -2.24. The molecule has 1 aromatic rings. The molecular formula is C15H23NO3. The molecule has 1 aliphatic rings.